The summed E-state index contributed by atoms with van der Waals surface area (Å²) >= 11 is 0. The van der Waals surface area contributed by atoms with Crippen LogP contribution in [0.5, 0.6) is 5.75 Å². The Hall–Kier alpha value is -2.09. The first-order valence-electron chi connectivity index (χ1n) is 5.08. The summed E-state index contributed by atoms with van der Waals surface area (Å²) in [6.45, 7) is 1.52. The van der Waals surface area contributed by atoms with Gasteiger partial charge >= 0.3 is 0 Å². The zero-order valence-corrected chi connectivity index (χ0v) is 8.97. The van der Waals surface area contributed by atoms with Gasteiger partial charge in [-0.25, -0.2) is 0 Å². The standard InChI is InChI=1S/C14H12O2/c1-10(15)12-7-8-14(16)13(9-12)11-5-3-2-4-6-11/h2-9,16H,1H3. The molecule has 0 fully saturated rings. The maximum Gasteiger partial charge on any atom is 0.159 e. The fourth-order valence-corrected chi connectivity index (χ4v) is 1.60. The number of rotatable bonds is 2. The Morgan fingerprint density at radius 3 is 2.38 bits per heavy atom. The molecular formula is C14H12O2. The van der Waals surface area contributed by atoms with Crippen LogP contribution in [-0.4, -0.2) is 10.9 Å². The van der Waals surface area contributed by atoms with Crippen molar-refractivity contribution < 1.29 is 9.90 Å². The van der Waals surface area contributed by atoms with Gasteiger partial charge in [-0.1, -0.05) is 30.3 Å². The van der Waals surface area contributed by atoms with E-state index in [2.05, 4.69) is 0 Å². The smallest absolute Gasteiger partial charge is 0.159 e. The molecule has 2 rings (SSSR count). The van der Waals surface area contributed by atoms with Crippen LogP contribution in [0.2, 0.25) is 0 Å². The van der Waals surface area contributed by atoms with Gasteiger partial charge in [0.25, 0.3) is 0 Å². The van der Waals surface area contributed by atoms with Gasteiger partial charge in [-0.05, 0) is 30.7 Å². The van der Waals surface area contributed by atoms with Crippen molar-refractivity contribution in [1.29, 1.82) is 0 Å². The number of aromatic hydroxyl groups is 1. The van der Waals surface area contributed by atoms with Gasteiger partial charge in [0.15, 0.2) is 5.78 Å². The van der Waals surface area contributed by atoms with Crippen molar-refractivity contribution in [2.45, 2.75) is 6.92 Å². The van der Waals surface area contributed by atoms with Crippen molar-refractivity contribution in [3.05, 3.63) is 54.1 Å². The summed E-state index contributed by atoms with van der Waals surface area (Å²) in [5, 5.41) is 9.76. The van der Waals surface area contributed by atoms with Gasteiger partial charge in [0.1, 0.15) is 5.75 Å². The lowest BCUT2D eigenvalue weighted by atomic mass is 10.0. The molecule has 0 aliphatic rings. The minimum absolute atomic E-state index is 0.00261. The summed E-state index contributed by atoms with van der Waals surface area (Å²) < 4.78 is 0. The van der Waals surface area contributed by atoms with Crippen LogP contribution in [0.1, 0.15) is 17.3 Å². The van der Waals surface area contributed by atoms with Crippen LogP contribution in [0.15, 0.2) is 48.5 Å². The monoisotopic (exact) mass is 212 g/mol. The van der Waals surface area contributed by atoms with E-state index in [1.807, 2.05) is 30.3 Å². The zero-order valence-electron chi connectivity index (χ0n) is 8.97. The predicted molar refractivity (Wildman–Crippen MR) is 63.5 cm³/mol. The number of Topliss-reactive ketones (excluding diaryl/α,β-unsaturated/α-hetero) is 1. The summed E-state index contributed by atoms with van der Waals surface area (Å²) in [5.74, 6) is 0.188. The lowest BCUT2D eigenvalue weighted by Gasteiger charge is -2.06. The van der Waals surface area contributed by atoms with E-state index in [0.29, 0.717) is 11.1 Å². The third-order valence-electron chi connectivity index (χ3n) is 2.49. The molecule has 0 heterocycles. The number of ketones is 1. The minimum Gasteiger partial charge on any atom is -0.507 e. The van der Waals surface area contributed by atoms with Crippen molar-refractivity contribution in [2.24, 2.45) is 0 Å². The molecule has 0 saturated carbocycles. The number of hydrogen-bond donors (Lipinski definition) is 1. The van der Waals surface area contributed by atoms with E-state index >= 15 is 0 Å². The van der Waals surface area contributed by atoms with Crippen LogP contribution >= 0.6 is 0 Å². The molecule has 0 unspecified atom stereocenters. The molecule has 0 saturated heterocycles. The maximum absolute atomic E-state index is 11.3. The van der Waals surface area contributed by atoms with Crippen molar-refractivity contribution in [3.8, 4) is 16.9 Å². The normalized spacial score (nSPS) is 10.1. The Kier molecular flexibility index (Phi) is 2.73. The van der Waals surface area contributed by atoms with Gasteiger partial charge in [0, 0.05) is 11.1 Å². The predicted octanol–water partition coefficient (Wildman–Crippen LogP) is 3.26. The molecule has 0 amide bonds. The molecule has 0 aliphatic heterocycles. The fraction of sp³-hybridized carbons (Fsp3) is 0.0714. The topological polar surface area (TPSA) is 37.3 Å². The number of carbonyl (C=O) groups excluding carboxylic acids is 1. The zero-order chi connectivity index (χ0) is 11.5. The molecule has 0 bridgehead atoms. The van der Waals surface area contributed by atoms with E-state index < -0.39 is 0 Å². The third-order valence-corrected chi connectivity index (χ3v) is 2.49. The van der Waals surface area contributed by atoms with Crippen LogP contribution in [0.4, 0.5) is 0 Å². The fourth-order valence-electron chi connectivity index (χ4n) is 1.60. The summed E-state index contributed by atoms with van der Waals surface area (Å²) in [5.41, 5.74) is 2.20. The van der Waals surface area contributed by atoms with Crippen LogP contribution in [0.25, 0.3) is 11.1 Å². The maximum atomic E-state index is 11.3. The molecule has 80 valence electrons. The van der Waals surface area contributed by atoms with Crippen molar-refractivity contribution in [1.82, 2.24) is 0 Å². The van der Waals surface area contributed by atoms with Crippen LogP contribution in [-0.2, 0) is 0 Å². The number of phenolic OH excluding ortho intramolecular Hbond substituents is 1. The average molecular weight is 212 g/mol. The van der Waals surface area contributed by atoms with Gasteiger partial charge in [-0.3, -0.25) is 4.79 Å². The molecular weight excluding hydrogens is 200 g/mol. The number of benzene rings is 2. The highest BCUT2D eigenvalue weighted by Crippen LogP contribution is 2.29. The highest BCUT2D eigenvalue weighted by atomic mass is 16.3. The Morgan fingerprint density at radius 2 is 1.75 bits per heavy atom. The third kappa shape index (κ3) is 1.96. The summed E-state index contributed by atoms with van der Waals surface area (Å²) in [4.78, 5) is 11.3. The van der Waals surface area contributed by atoms with Gasteiger partial charge in [0.05, 0.1) is 0 Å². The Balaban J connectivity index is 2.56. The summed E-state index contributed by atoms with van der Waals surface area (Å²) in [6, 6.07) is 14.4. The van der Waals surface area contributed by atoms with Gasteiger partial charge in [-0.15, -0.1) is 0 Å². The summed E-state index contributed by atoms with van der Waals surface area (Å²) in [6.07, 6.45) is 0. The highest BCUT2D eigenvalue weighted by Gasteiger charge is 2.07. The van der Waals surface area contributed by atoms with E-state index in [1.165, 1.54) is 6.92 Å². The van der Waals surface area contributed by atoms with E-state index in [9.17, 15) is 9.90 Å². The quantitative estimate of drug-likeness (QED) is 0.776. The van der Waals surface area contributed by atoms with E-state index in [4.69, 9.17) is 0 Å². The number of carbonyl (C=O) groups is 1. The first-order chi connectivity index (χ1) is 7.68. The van der Waals surface area contributed by atoms with E-state index in [0.717, 1.165) is 5.56 Å². The molecule has 1 N–H and O–H groups in total. The summed E-state index contributed by atoms with van der Waals surface area (Å²) in [7, 11) is 0. The number of phenols is 1. The van der Waals surface area contributed by atoms with Crippen molar-refractivity contribution in [2.75, 3.05) is 0 Å². The molecule has 2 nitrogen and oxygen atoms in total. The molecule has 2 aromatic rings. The molecule has 2 aromatic carbocycles. The SMILES string of the molecule is CC(=O)c1ccc(O)c(-c2ccccc2)c1. The lowest BCUT2D eigenvalue weighted by molar-refractivity contribution is 0.101. The highest BCUT2D eigenvalue weighted by molar-refractivity contribution is 5.95. The van der Waals surface area contributed by atoms with Gasteiger partial charge < -0.3 is 5.11 Å². The second-order valence-electron chi connectivity index (χ2n) is 3.65. The van der Waals surface area contributed by atoms with Crippen molar-refractivity contribution >= 4 is 5.78 Å². The Morgan fingerprint density at radius 1 is 1.06 bits per heavy atom. The second kappa shape index (κ2) is 4.19. The van der Waals surface area contributed by atoms with Gasteiger partial charge in [0.2, 0.25) is 0 Å². The average Bonchev–Trinajstić information content (AvgIpc) is 2.30. The van der Waals surface area contributed by atoms with Gasteiger partial charge in [-0.2, -0.15) is 0 Å². The first-order valence-corrected chi connectivity index (χ1v) is 5.08. The minimum atomic E-state index is -0.00261. The largest absolute Gasteiger partial charge is 0.507 e. The van der Waals surface area contributed by atoms with Crippen LogP contribution in [0, 0.1) is 0 Å². The Bertz CT molecular complexity index is 516. The second-order valence-corrected chi connectivity index (χ2v) is 3.65. The molecule has 16 heavy (non-hydrogen) atoms. The molecule has 0 aromatic heterocycles. The van der Waals surface area contributed by atoms with Crippen LogP contribution in [0.3, 0.4) is 0 Å². The molecule has 2 heteroatoms. The number of hydrogen-bond acceptors (Lipinski definition) is 2. The van der Waals surface area contributed by atoms with Crippen LogP contribution < -0.4 is 0 Å². The first kappa shape index (κ1) is 10.4. The van der Waals surface area contributed by atoms with Crippen molar-refractivity contribution in [3.63, 3.8) is 0 Å². The molecule has 0 aliphatic carbocycles. The Labute approximate surface area is 94.2 Å². The lowest BCUT2D eigenvalue weighted by Crippen LogP contribution is -1.92. The van der Waals surface area contributed by atoms with E-state index in [1.54, 1.807) is 18.2 Å². The molecule has 0 spiro atoms. The molecule has 0 radical (unpaired) electrons. The molecule has 0 atom stereocenters. The van der Waals surface area contributed by atoms with E-state index in [-0.39, 0.29) is 11.5 Å².